The van der Waals surface area contributed by atoms with Gasteiger partial charge in [-0.2, -0.15) is 0 Å². The molecule has 1 N–H and O–H groups in total. The summed E-state index contributed by atoms with van der Waals surface area (Å²) in [4.78, 5) is 0. The van der Waals surface area contributed by atoms with E-state index in [2.05, 4.69) is 5.32 Å². The summed E-state index contributed by atoms with van der Waals surface area (Å²) in [5.41, 5.74) is 1.18. The Morgan fingerprint density at radius 2 is 1.94 bits per heavy atom. The SMILES string of the molecule is CC(F)(F)c1cccc(C2CCNCC2)c1. The molecule has 3 heteroatoms. The molecular formula is C13H17F2N. The summed E-state index contributed by atoms with van der Waals surface area (Å²) in [5, 5.41) is 3.28. The summed E-state index contributed by atoms with van der Waals surface area (Å²) in [6, 6.07) is 6.87. The lowest BCUT2D eigenvalue weighted by molar-refractivity contribution is 0.0173. The molecular weight excluding hydrogens is 208 g/mol. The zero-order chi connectivity index (χ0) is 11.6. The largest absolute Gasteiger partial charge is 0.317 e. The normalized spacial score (nSPS) is 18.7. The third-order valence-corrected chi connectivity index (χ3v) is 3.20. The molecule has 0 atom stereocenters. The Kier molecular flexibility index (Phi) is 3.24. The predicted molar refractivity (Wildman–Crippen MR) is 60.9 cm³/mol. The number of alkyl halides is 2. The van der Waals surface area contributed by atoms with Crippen LogP contribution < -0.4 is 5.32 Å². The second-order valence-corrected chi connectivity index (χ2v) is 4.54. The van der Waals surface area contributed by atoms with Crippen LogP contribution in [0.15, 0.2) is 24.3 Å². The number of hydrogen-bond donors (Lipinski definition) is 1. The first-order valence-corrected chi connectivity index (χ1v) is 5.76. The molecule has 88 valence electrons. The standard InChI is InChI=1S/C13H17F2N/c1-13(14,15)12-4-2-3-11(9-12)10-5-7-16-8-6-10/h2-4,9-10,16H,5-8H2,1H3. The van der Waals surface area contributed by atoms with E-state index in [1.54, 1.807) is 12.1 Å². The van der Waals surface area contributed by atoms with Crippen LogP contribution in [0.25, 0.3) is 0 Å². The van der Waals surface area contributed by atoms with Crippen molar-refractivity contribution >= 4 is 0 Å². The average Bonchev–Trinajstić information content (AvgIpc) is 2.29. The first-order chi connectivity index (χ1) is 7.57. The van der Waals surface area contributed by atoms with Crippen LogP contribution in [-0.4, -0.2) is 13.1 Å². The second-order valence-electron chi connectivity index (χ2n) is 4.54. The van der Waals surface area contributed by atoms with E-state index in [0.29, 0.717) is 5.92 Å². The van der Waals surface area contributed by atoms with Gasteiger partial charge < -0.3 is 5.32 Å². The first-order valence-electron chi connectivity index (χ1n) is 5.76. The third-order valence-electron chi connectivity index (χ3n) is 3.20. The Bertz CT molecular complexity index is 351. The third kappa shape index (κ3) is 2.59. The zero-order valence-corrected chi connectivity index (χ0v) is 9.47. The van der Waals surface area contributed by atoms with Crippen LogP contribution in [0, 0.1) is 0 Å². The van der Waals surface area contributed by atoms with Crippen molar-refractivity contribution < 1.29 is 8.78 Å². The molecule has 0 aliphatic carbocycles. The Balaban J connectivity index is 2.21. The molecule has 1 aromatic rings. The lowest BCUT2D eigenvalue weighted by Crippen LogP contribution is -2.26. The summed E-state index contributed by atoms with van der Waals surface area (Å²) in [5.74, 6) is -2.30. The van der Waals surface area contributed by atoms with Crippen molar-refractivity contribution in [3.63, 3.8) is 0 Å². The summed E-state index contributed by atoms with van der Waals surface area (Å²) >= 11 is 0. The molecule has 1 nitrogen and oxygen atoms in total. The highest BCUT2D eigenvalue weighted by atomic mass is 19.3. The molecule has 1 saturated heterocycles. The number of hydrogen-bond acceptors (Lipinski definition) is 1. The summed E-state index contributed by atoms with van der Waals surface area (Å²) in [6.07, 6.45) is 2.08. The number of benzene rings is 1. The smallest absolute Gasteiger partial charge is 0.270 e. The fraction of sp³-hybridized carbons (Fsp3) is 0.538. The van der Waals surface area contributed by atoms with Crippen molar-refractivity contribution in [1.29, 1.82) is 0 Å². The van der Waals surface area contributed by atoms with Gasteiger partial charge >= 0.3 is 0 Å². The molecule has 0 radical (unpaired) electrons. The van der Waals surface area contributed by atoms with Crippen molar-refractivity contribution in [2.24, 2.45) is 0 Å². The van der Waals surface area contributed by atoms with Crippen molar-refractivity contribution in [3.05, 3.63) is 35.4 Å². The van der Waals surface area contributed by atoms with Crippen LogP contribution in [0.3, 0.4) is 0 Å². The number of halogens is 2. The van der Waals surface area contributed by atoms with Crippen molar-refractivity contribution in [2.75, 3.05) is 13.1 Å². The summed E-state index contributed by atoms with van der Waals surface area (Å²) < 4.78 is 26.4. The highest BCUT2D eigenvalue weighted by Crippen LogP contribution is 2.31. The van der Waals surface area contributed by atoms with E-state index in [4.69, 9.17) is 0 Å². The highest BCUT2D eigenvalue weighted by Gasteiger charge is 2.25. The van der Waals surface area contributed by atoms with E-state index in [9.17, 15) is 8.78 Å². The maximum atomic E-state index is 13.2. The van der Waals surface area contributed by atoms with E-state index >= 15 is 0 Å². The van der Waals surface area contributed by atoms with Crippen LogP contribution in [-0.2, 0) is 5.92 Å². The molecule has 0 unspecified atom stereocenters. The molecule has 0 amide bonds. The first kappa shape index (κ1) is 11.5. The van der Waals surface area contributed by atoms with Gasteiger partial charge in [-0.05, 0) is 43.5 Å². The van der Waals surface area contributed by atoms with Crippen molar-refractivity contribution in [1.82, 2.24) is 5.32 Å². The minimum absolute atomic E-state index is 0.128. The maximum Gasteiger partial charge on any atom is 0.270 e. The van der Waals surface area contributed by atoms with Gasteiger partial charge in [-0.3, -0.25) is 0 Å². The molecule has 1 fully saturated rings. The summed E-state index contributed by atoms with van der Waals surface area (Å²) in [6.45, 7) is 2.92. The average molecular weight is 225 g/mol. The molecule has 0 aromatic heterocycles. The van der Waals surface area contributed by atoms with E-state index in [0.717, 1.165) is 38.4 Å². The van der Waals surface area contributed by atoms with Crippen LogP contribution >= 0.6 is 0 Å². The lowest BCUT2D eigenvalue weighted by atomic mass is 9.89. The molecule has 16 heavy (non-hydrogen) atoms. The molecule has 1 aromatic carbocycles. The number of piperidine rings is 1. The van der Waals surface area contributed by atoms with Gasteiger partial charge in [0.2, 0.25) is 0 Å². The lowest BCUT2D eigenvalue weighted by Gasteiger charge is -2.24. The van der Waals surface area contributed by atoms with Crippen LogP contribution in [0.5, 0.6) is 0 Å². The zero-order valence-electron chi connectivity index (χ0n) is 9.47. The number of rotatable bonds is 2. The van der Waals surface area contributed by atoms with Crippen LogP contribution in [0.2, 0.25) is 0 Å². The van der Waals surface area contributed by atoms with Gasteiger partial charge in [-0.1, -0.05) is 18.2 Å². The quantitative estimate of drug-likeness (QED) is 0.814. The van der Waals surface area contributed by atoms with E-state index in [1.807, 2.05) is 6.07 Å². The van der Waals surface area contributed by atoms with Crippen LogP contribution in [0.1, 0.15) is 36.8 Å². The van der Waals surface area contributed by atoms with Gasteiger partial charge in [0, 0.05) is 12.5 Å². The van der Waals surface area contributed by atoms with Crippen LogP contribution in [0.4, 0.5) is 8.78 Å². The minimum atomic E-state index is -2.73. The fourth-order valence-electron chi connectivity index (χ4n) is 2.22. The van der Waals surface area contributed by atoms with Gasteiger partial charge in [0.05, 0.1) is 0 Å². The Hall–Kier alpha value is -0.960. The molecule has 1 aliphatic rings. The van der Waals surface area contributed by atoms with Gasteiger partial charge in [-0.25, -0.2) is 8.78 Å². The van der Waals surface area contributed by atoms with Gasteiger partial charge in [-0.15, -0.1) is 0 Å². The molecule has 2 rings (SSSR count). The Morgan fingerprint density at radius 1 is 1.25 bits per heavy atom. The van der Waals surface area contributed by atoms with E-state index in [1.165, 1.54) is 6.07 Å². The van der Waals surface area contributed by atoms with Gasteiger partial charge in [0.1, 0.15) is 0 Å². The second kappa shape index (κ2) is 4.50. The monoisotopic (exact) mass is 225 g/mol. The predicted octanol–water partition coefficient (Wildman–Crippen LogP) is 3.27. The van der Waals surface area contributed by atoms with Gasteiger partial charge in [0.25, 0.3) is 5.92 Å². The summed E-state index contributed by atoms with van der Waals surface area (Å²) in [7, 11) is 0. The van der Waals surface area contributed by atoms with E-state index in [-0.39, 0.29) is 5.56 Å². The topological polar surface area (TPSA) is 12.0 Å². The van der Waals surface area contributed by atoms with E-state index < -0.39 is 5.92 Å². The van der Waals surface area contributed by atoms with Crippen molar-refractivity contribution in [3.8, 4) is 0 Å². The Labute approximate surface area is 94.9 Å². The maximum absolute atomic E-state index is 13.2. The molecule has 1 heterocycles. The fourth-order valence-corrected chi connectivity index (χ4v) is 2.22. The van der Waals surface area contributed by atoms with Gasteiger partial charge in [0.15, 0.2) is 0 Å². The Morgan fingerprint density at radius 3 is 2.56 bits per heavy atom. The molecule has 1 aliphatic heterocycles. The minimum Gasteiger partial charge on any atom is -0.317 e. The molecule has 0 spiro atoms. The molecule has 0 bridgehead atoms. The number of nitrogens with one attached hydrogen (secondary N) is 1. The van der Waals surface area contributed by atoms with Crippen molar-refractivity contribution in [2.45, 2.75) is 31.6 Å². The highest BCUT2D eigenvalue weighted by molar-refractivity contribution is 5.29. The molecule has 0 saturated carbocycles.